The summed E-state index contributed by atoms with van der Waals surface area (Å²) in [6.07, 6.45) is 3.39. The molecule has 0 bridgehead atoms. The van der Waals surface area contributed by atoms with Crippen LogP contribution in [0.3, 0.4) is 0 Å². The number of hydrogen-bond donors (Lipinski definition) is 1. The lowest BCUT2D eigenvalue weighted by molar-refractivity contribution is -0.115. The molecule has 2 aliphatic rings. The Balaban J connectivity index is 1.28. The Morgan fingerprint density at radius 2 is 1.71 bits per heavy atom. The van der Waals surface area contributed by atoms with Crippen molar-refractivity contribution < 1.29 is 9.59 Å². The maximum atomic E-state index is 13.1. The van der Waals surface area contributed by atoms with Crippen LogP contribution in [0, 0.1) is 0 Å². The van der Waals surface area contributed by atoms with E-state index in [0.29, 0.717) is 11.3 Å². The number of fused-ring (bicyclic) bond motifs is 2. The number of carbonyl (C=O) groups excluding carboxylic acids is 2. The van der Waals surface area contributed by atoms with Gasteiger partial charge in [-0.25, -0.2) is 0 Å². The Morgan fingerprint density at radius 3 is 2.65 bits per heavy atom. The van der Waals surface area contributed by atoms with E-state index in [-0.39, 0.29) is 17.2 Å². The third-order valence-electron chi connectivity index (χ3n) is 6.69. The SMILES string of the molecule is O=C(Nc1cccc(C2SCC(=O)N2c2ccc3c(c2)CCC3)c1)c1cccc2ccccc12. The minimum Gasteiger partial charge on any atom is -0.322 e. The first kappa shape index (κ1) is 21.0. The third-order valence-corrected chi connectivity index (χ3v) is 7.90. The Labute approximate surface area is 203 Å². The van der Waals surface area contributed by atoms with Gasteiger partial charge in [0.25, 0.3) is 5.91 Å². The van der Waals surface area contributed by atoms with Crippen LogP contribution in [-0.2, 0) is 17.6 Å². The smallest absolute Gasteiger partial charge is 0.256 e. The molecule has 1 saturated heterocycles. The van der Waals surface area contributed by atoms with Crippen molar-refractivity contribution in [3.63, 3.8) is 0 Å². The summed E-state index contributed by atoms with van der Waals surface area (Å²) in [6, 6.07) is 28.0. The van der Waals surface area contributed by atoms with Gasteiger partial charge in [-0.3, -0.25) is 14.5 Å². The average molecular weight is 465 g/mol. The van der Waals surface area contributed by atoms with Crippen molar-refractivity contribution in [2.24, 2.45) is 0 Å². The molecule has 168 valence electrons. The van der Waals surface area contributed by atoms with Gasteiger partial charge in [0.05, 0.1) is 5.75 Å². The second-order valence-electron chi connectivity index (χ2n) is 8.84. The summed E-state index contributed by atoms with van der Waals surface area (Å²) >= 11 is 1.63. The van der Waals surface area contributed by atoms with Gasteiger partial charge in [-0.1, -0.05) is 54.6 Å². The number of benzene rings is 4. The van der Waals surface area contributed by atoms with Crippen molar-refractivity contribution in [3.05, 3.63) is 107 Å². The van der Waals surface area contributed by atoms with Crippen molar-refractivity contribution >= 4 is 45.7 Å². The lowest BCUT2D eigenvalue weighted by Crippen LogP contribution is -2.28. The predicted molar refractivity (Wildman–Crippen MR) is 139 cm³/mol. The zero-order chi connectivity index (χ0) is 23.1. The van der Waals surface area contributed by atoms with Crippen LogP contribution in [-0.4, -0.2) is 17.6 Å². The second-order valence-corrected chi connectivity index (χ2v) is 9.91. The zero-order valence-corrected chi connectivity index (χ0v) is 19.5. The van der Waals surface area contributed by atoms with Crippen LogP contribution in [0.2, 0.25) is 0 Å². The summed E-state index contributed by atoms with van der Waals surface area (Å²) < 4.78 is 0. The normalized spacial score (nSPS) is 17.2. The molecule has 0 saturated carbocycles. The Hall–Kier alpha value is -3.57. The van der Waals surface area contributed by atoms with Crippen LogP contribution in [0.5, 0.6) is 0 Å². The van der Waals surface area contributed by atoms with Crippen LogP contribution in [0.4, 0.5) is 11.4 Å². The number of rotatable bonds is 4. The van der Waals surface area contributed by atoms with Gasteiger partial charge < -0.3 is 5.32 Å². The van der Waals surface area contributed by atoms with E-state index < -0.39 is 0 Å². The van der Waals surface area contributed by atoms with Crippen molar-refractivity contribution in [1.29, 1.82) is 0 Å². The van der Waals surface area contributed by atoms with E-state index in [2.05, 4.69) is 23.5 Å². The molecular formula is C29H24N2O2S. The van der Waals surface area contributed by atoms with E-state index in [4.69, 9.17) is 0 Å². The van der Waals surface area contributed by atoms with E-state index in [9.17, 15) is 9.59 Å². The van der Waals surface area contributed by atoms with Crippen molar-refractivity contribution in [2.45, 2.75) is 24.6 Å². The second kappa shape index (κ2) is 8.65. The zero-order valence-electron chi connectivity index (χ0n) is 18.7. The molecule has 4 aromatic rings. The number of anilines is 2. The minimum atomic E-state index is -0.139. The summed E-state index contributed by atoms with van der Waals surface area (Å²) in [4.78, 5) is 27.9. The highest BCUT2D eigenvalue weighted by atomic mass is 32.2. The molecule has 1 atom stereocenters. The molecule has 0 spiro atoms. The first-order chi connectivity index (χ1) is 16.7. The van der Waals surface area contributed by atoms with Crippen LogP contribution >= 0.6 is 11.8 Å². The van der Waals surface area contributed by atoms with Crippen LogP contribution in [0.25, 0.3) is 10.8 Å². The fraction of sp³-hybridized carbons (Fsp3) is 0.172. The number of amides is 2. The highest BCUT2D eigenvalue weighted by Crippen LogP contribution is 2.43. The Morgan fingerprint density at radius 1 is 0.882 bits per heavy atom. The molecule has 6 rings (SSSR count). The monoisotopic (exact) mass is 464 g/mol. The maximum Gasteiger partial charge on any atom is 0.256 e. The summed E-state index contributed by atoms with van der Waals surface area (Å²) in [5, 5.41) is 4.92. The quantitative estimate of drug-likeness (QED) is 0.382. The topological polar surface area (TPSA) is 49.4 Å². The summed E-state index contributed by atoms with van der Waals surface area (Å²) in [6.45, 7) is 0. The van der Waals surface area contributed by atoms with E-state index >= 15 is 0 Å². The Bertz CT molecular complexity index is 1430. The fourth-order valence-electron chi connectivity index (χ4n) is 5.05. The molecule has 0 radical (unpaired) electrons. The molecule has 1 aliphatic carbocycles. The average Bonchev–Trinajstić information content (AvgIpc) is 3.49. The molecule has 2 amide bonds. The molecule has 5 heteroatoms. The molecule has 1 heterocycles. The molecule has 0 aromatic heterocycles. The molecule has 4 nitrogen and oxygen atoms in total. The van der Waals surface area contributed by atoms with E-state index in [1.54, 1.807) is 11.8 Å². The first-order valence-corrected chi connectivity index (χ1v) is 12.7. The fourth-order valence-corrected chi connectivity index (χ4v) is 6.22. The van der Waals surface area contributed by atoms with Gasteiger partial charge in [0, 0.05) is 16.9 Å². The van der Waals surface area contributed by atoms with Gasteiger partial charge in [0.1, 0.15) is 5.37 Å². The predicted octanol–water partition coefficient (Wildman–Crippen LogP) is 6.36. The number of hydrogen-bond acceptors (Lipinski definition) is 3. The highest BCUT2D eigenvalue weighted by Gasteiger charge is 2.34. The molecule has 4 aromatic carbocycles. The summed E-state index contributed by atoms with van der Waals surface area (Å²) in [5.74, 6) is 0.437. The van der Waals surface area contributed by atoms with Gasteiger partial charge in [0.15, 0.2) is 0 Å². The molecular weight excluding hydrogens is 440 g/mol. The first-order valence-electron chi connectivity index (χ1n) is 11.6. The molecule has 1 fully saturated rings. The largest absolute Gasteiger partial charge is 0.322 e. The highest BCUT2D eigenvalue weighted by molar-refractivity contribution is 8.00. The van der Waals surface area contributed by atoms with E-state index in [1.807, 2.05) is 71.6 Å². The van der Waals surface area contributed by atoms with Gasteiger partial charge in [-0.05, 0) is 77.1 Å². The minimum absolute atomic E-state index is 0.110. The van der Waals surface area contributed by atoms with Crippen LogP contribution in [0.15, 0.2) is 84.9 Å². The Kier molecular flexibility index (Phi) is 5.34. The summed E-state index contributed by atoms with van der Waals surface area (Å²) in [5.41, 5.74) is 6.10. The number of aryl methyl sites for hydroxylation is 2. The van der Waals surface area contributed by atoms with E-state index in [1.165, 1.54) is 17.5 Å². The van der Waals surface area contributed by atoms with Crippen molar-refractivity contribution in [1.82, 2.24) is 0 Å². The summed E-state index contributed by atoms with van der Waals surface area (Å²) in [7, 11) is 0. The molecule has 1 aliphatic heterocycles. The molecule has 34 heavy (non-hydrogen) atoms. The third kappa shape index (κ3) is 3.76. The number of thioether (sulfide) groups is 1. The van der Waals surface area contributed by atoms with E-state index in [0.717, 1.165) is 40.6 Å². The standard InChI is InChI=1S/C29H24N2O2S/c32-27-18-34-29(31(27)24-15-14-19-7-3-9-21(19)17-24)22-10-4-11-23(16-22)30-28(33)26-13-5-8-20-6-1-2-12-25(20)26/h1-2,4-6,8,10-17,29H,3,7,9,18H2,(H,30,33). The lowest BCUT2D eigenvalue weighted by Gasteiger charge is -2.25. The molecule has 1 unspecified atom stereocenters. The number of nitrogens with one attached hydrogen (secondary N) is 1. The number of carbonyl (C=O) groups is 2. The maximum absolute atomic E-state index is 13.1. The van der Waals surface area contributed by atoms with Crippen molar-refractivity contribution in [2.75, 3.05) is 16.0 Å². The van der Waals surface area contributed by atoms with Gasteiger partial charge in [-0.2, -0.15) is 0 Å². The lowest BCUT2D eigenvalue weighted by atomic mass is 10.0. The number of nitrogens with zero attached hydrogens (tertiary/aromatic N) is 1. The van der Waals surface area contributed by atoms with Crippen molar-refractivity contribution in [3.8, 4) is 0 Å². The van der Waals surface area contributed by atoms with Gasteiger partial charge in [-0.15, -0.1) is 11.8 Å². The molecule has 1 N–H and O–H groups in total. The van der Waals surface area contributed by atoms with Crippen LogP contribution < -0.4 is 10.2 Å². The van der Waals surface area contributed by atoms with Gasteiger partial charge in [0.2, 0.25) is 5.91 Å². The van der Waals surface area contributed by atoms with Crippen LogP contribution in [0.1, 0.15) is 38.8 Å². The van der Waals surface area contributed by atoms with Gasteiger partial charge >= 0.3 is 0 Å².